The molecule has 18 heavy (non-hydrogen) atoms. The Labute approximate surface area is 109 Å². The van der Waals surface area contributed by atoms with Crippen molar-refractivity contribution in [3.05, 3.63) is 29.8 Å². The Kier molecular flexibility index (Phi) is 6.22. The summed E-state index contributed by atoms with van der Waals surface area (Å²) < 4.78 is 5.58. The maximum absolute atomic E-state index is 11.2. The third-order valence-electron chi connectivity index (χ3n) is 2.57. The fourth-order valence-corrected chi connectivity index (χ4v) is 1.42. The van der Waals surface area contributed by atoms with Crippen LogP contribution in [0.2, 0.25) is 0 Å². The number of nitrogens with two attached hydrogens (primary N) is 1. The van der Waals surface area contributed by atoms with E-state index in [4.69, 9.17) is 10.5 Å². The third-order valence-corrected chi connectivity index (χ3v) is 2.57. The quantitative estimate of drug-likeness (QED) is 0.723. The van der Waals surface area contributed by atoms with E-state index in [1.807, 2.05) is 31.2 Å². The molecular weight excluding hydrogens is 228 g/mol. The molecule has 0 aliphatic rings. The van der Waals surface area contributed by atoms with Crippen LogP contribution in [0.15, 0.2) is 24.3 Å². The van der Waals surface area contributed by atoms with Crippen molar-refractivity contribution >= 4 is 5.91 Å². The van der Waals surface area contributed by atoms with Crippen molar-refractivity contribution in [2.45, 2.75) is 32.7 Å². The van der Waals surface area contributed by atoms with Crippen LogP contribution >= 0.6 is 0 Å². The van der Waals surface area contributed by atoms with E-state index < -0.39 is 6.04 Å². The van der Waals surface area contributed by atoms with Gasteiger partial charge in [-0.15, -0.1) is 0 Å². The third kappa shape index (κ3) is 5.68. The SMILES string of the molecule is Cc1ccc(OCCCCNC(=O)C(C)N)cc1. The molecule has 0 aliphatic carbocycles. The molecule has 100 valence electrons. The zero-order chi connectivity index (χ0) is 13.4. The maximum atomic E-state index is 11.2. The Hall–Kier alpha value is -1.55. The van der Waals surface area contributed by atoms with Crippen LogP contribution in [0.25, 0.3) is 0 Å². The average molecular weight is 250 g/mol. The molecule has 0 radical (unpaired) electrons. The summed E-state index contributed by atoms with van der Waals surface area (Å²) in [4.78, 5) is 11.2. The summed E-state index contributed by atoms with van der Waals surface area (Å²) in [6.07, 6.45) is 1.80. The molecule has 1 unspecified atom stereocenters. The minimum atomic E-state index is -0.436. The summed E-state index contributed by atoms with van der Waals surface area (Å²) in [5, 5.41) is 2.77. The number of unbranched alkanes of at least 4 members (excludes halogenated alkanes) is 1. The van der Waals surface area contributed by atoms with Crippen LogP contribution in [0, 0.1) is 6.92 Å². The van der Waals surface area contributed by atoms with Gasteiger partial charge in [-0.05, 0) is 38.8 Å². The highest BCUT2D eigenvalue weighted by Gasteiger charge is 2.04. The normalized spacial score (nSPS) is 11.9. The van der Waals surface area contributed by atoms with E-state index in [0.29, 0.717) is 13.2 Å². The fraction of sp³-hybridized carbons (Fsp3) is 0.500. The summed E-state index contributed by atoms with van der Waals surface area (Å²) in [5.74, 6) is 0.787. The standard InChI is InChI=1S/C14H22N2O2/c1-11-5-7-13(8-6-11)18-10-4-3-9-16-14(17)12(2)15/h5-8,12H,3-4,9-10,15H2,1-2H3,(H,16,17). The Bertz CT molecular complexity index is 361. The minimum Gasteiger partial charge on any atom is -0.494 e. The molecule has 0 saturated heterocycles. The van der Waals surface area contributed by atoms with Crippen molar-refractivity contribution in [3.8, 4) is 5.75 Å². The zero-order valence-electron chi connectivity index (χ0n) is 11.1. The second-order valence-corrected chi connectivity index (χ2v) is 4.45. The van der Waals surface area contributed by atoms with Gasteiger partial charge in [0.05, 0.1) is 12.6 Å². The van der Waals surface area contributed by atoms with Crippen LogP contribution in [0.1, 0.15) is 25.3 Å². The van der Waals surface area contributed by atoms with Crippen LogP contribution in [-0.2, 0) is 4.79 Å². The van der Waals surface area contributed by atoms with E-state index in [0.717, 1.165) is 18.6 Å². The largest absolute Gasteiger partial charge is 0.494 e. The zero-order valence-corrected chi connectivity index (χ0v) is 11.1. The monoisotopic (exact) mass is 250 g/mol. The summed E-state index contributed by atoms with van der Waals surface area (Å²) in [5.41, 5.74) is 6.65. The predicted octanol–water partition coefficient (Wildman–Crippen LogP) is 1.62. The van der Waals surface area contributed by atoms with Gasteiger partial charge in [-0.1, -0.05) is 17.7 Å². The van der Waals surface area contributed by atoms with Gasteiger partial charge in [-0.25, -0.2) is 0 Å². The van der Waals surface area contributed by atoms with Crippen molar-refractivity contribution in [2.75, 3.05) is 13.2 Å². The molecule has 0 saturated carbocycles. The summed E-state index contributed by atoms with van der Waals surface area (Å²) in [7, 11) is 0. The number of nitrogens with one attached hydrogen (secondary N) is 1. The molecule has 1 atom stereocenters. The number of hydrogen-bond donors (Lipinski definition) is 2. The van der Waals surface area contributed by atoms with Crippen molar-refractivity contribution in [2.24, 2.45) is 5.73 Å². The van der Waals surface area contributed by atoms with Gasteiger partial charge < -0.3 is 15.8 Å². The van der Waals surface area contributed by atoms with Gasteiger partial charge in [-0.3, -0.25) is 4.79 Å². The number of amides is 1. The number of carbonyl (C=O) groups is 1. The summed E-state index contributed by atoms with van der Waals surface area (Å²) in [6, 6.07) is 7.55. The summed E-state index contributed by atoms with van der Waals surface area (Å²) >= 11 is 0. The molecular formula is C14H22N2O2. The first-order chi connectivity index (χ1) is 8.59. The lowest BCUT2D eigenvalue weighted by atomic mass is 10.2. The molecule has 0 heterocycles. The first kappa shape index (κ1) is 14.5. The smallest absolute Gasteiger partial charge is 0.236 e. The average Bonchev–Trinajstić information content (AvgIpc) is 2.35. The lowest BCUT2D eigenvalue weighted by Gasteiger charge is -2.08. The molecule has 4 nitrogen and oxygen atoms in total. The van der Waals surface area contributed by atoms with Gasteiger partial charge in [-0.2, -0.15) is 0 Å². The Morgan fingerprint density at radius 1 is 1.33 bits per heavy atom. The molecule has 0 bridgehead atoms. The number of aryl methyl sites for hydroxylation is 1. The van der Waals surface area contributed by atoms with E-state index in [-0.39, 0.29) is 5.91 Å². The number of hydrogen-bond acceptors (Lipinski definition) is 3. The van der Waals surface area contributed by atoms with Crippen molar-refractivity contribution in [3.63, 3.8) is 0 Å². The van der Waals surface area contributed by atoms with Crippen molar-refractivity contribution in [1.82, 2.24) is 5.32 Å². The van der Waals surface area contributed by atoms with Gasteiger partial charge in [0.15, 0.2) is 0 Å². The van der Waals surface area contributed by atoms with E-state index in [1.165, 1.54) is 5.56 Å². The topological polar surface area (TPSA) is 64.3 Å². The highest BCUT2D eigenvalue weighted by molar-refractivity contribution is 5.80. The van der Waals surface area contributed by atoms with Gasteiger partial charge in [0, 0.05) is 6.54 Å². The van der Waals surface area contributed by atoms with Crippen molar-refractivity contribution < 1.29 is 9.53 Å². The Morgan fingerprint density at radius 3 is 2.61 bits per heavy atom. The summed E-state index contributed by atoms with van der Waals surface area (Å²) in [6.45, 7) is 5.04. The van der Waals surface area contributed by atoms with Gasteiger partial charge in [0.2, 0.25) is 5.91 Å². The molecule has 3 N–H and O–H groups in total. The molecule has 4 heteroatoms. The molecule has 1 aromatic carbocycles. The molecule has 0 aliphatic heterocycles. The number of benzene rings is 1. The Morgan fingerprint density at radius 2 is 2.00 bits per heavy atom. The molecule has 0 fully saturated rings. The molecule has 0 aromatic heterocycles. The first-order valence-corrected chi connectivity index (χ1v) is 6.32. The van der Waals surface area contributed by atoms with E-state index in [9.17, 15) is 4.79 Å². The van der Waals surface area contributed by atoms with Gasteiger partial charge >= 0.3 is 0 Å². The fourth-order valence-electron chi connectivity index (χ4n) is 1.42. The Balaban J connectivity index is 2.05. The number of carbonyl (C=O) groups excluding carboxylic acids is 1. The lowest BCUT2D eigenvalue weighted by Crippen LogP contribution is -2.38. The molecule has 1 rings (SSSR count). The highest BCUT2D eigenvalue weighted by Crippen LogP contribution is 2.11. The van der Waals surface area contributed by atoms with Crippen LogP contribution in [0.3, 0.4) is 0 Å². The van der Waals surface area contributed by atoms with Gasteiger partial charge in [0.1, 0.15) is 5.75 Å². The number of rotatable bonds is 7. The highest BCUT2D eigenvalue weighted by atomic mass is 16.5. The first-order valence-electron chi connectivity index (χ1n) is 6.32. The van der Waals surface area contributed by atoms with Crippen LogP contribution < -0.4 is 15.8 Å². The van der Waals surface area contributed by atoms with Crippen LogP contribution in [0.5, 0.6) is 5.75 Å². The predicted molar refractivity (Wildman–Crippen MR) is 72.6 cm³/mol. The van der Waals surface area contributed by atoms with E-state index >= 15 is 0 Å². The maximum Gasteiger partial charge on any atom is 0.236 e. The van der Waals surface area contributed by atoms with Crippen LogP contribution in [-0.4, -0.2) is 25.1 Å². The second kappa shape index (κ2) is 7.71. The van der Waals surface area contributed by atoms with Crippen LogP contribution in [0.4, 0.5) is 0 Å². The van der Waals surface area contributed by atoms with Gasteiger partial charge in [0.25, 0.3) is 0 Å². The molecule has 0 spiro atoms. The lowest BCUT2D eigenvalue weighted by molar-refractivity contribution is -0.121. The minimum absolute atomic E-state index is 0.102. The van der Waals surface area contributed by atoms with Crippen molar-refractivity contribution in [1.29, 1.82) is 0 Å². The number of ether oxygens (including phenoxy) is 1. The van der Waals surface area contributed by atoms with E-state index in [1.54, 1.807) is 6.92 Å². The molecule has 1 amide bonds. The molecule has 1 aromatic rings. The van der Waals surface area contributed by atoms with E-state index in [2.05, 4.69) is 5.32 Å². The second-order valence-electron chi connectivity index (χ2n) is 4.45.